The zero-order valence-electron chi connectivity index (χ0n) is 10.00. The van der Waals surface area contributed by atoms with Crippen molar-refractivity contribution in [3.05, 3.63) is 63.6 Å². The highest BCUT2D eigenvalue weighted by Gasteiger charge is 2.12. The van der Waals surface area contributed by atoms with Gasteiger partial charge in [-0.2, -0.15) is 0 Å². The van der Waals surface area contributed by atoms with Gasteiger partial charge in [0.05, 0.1) is 23.2 Å². The average Bonchev–Trinajstić information content (AvgIpc) is 2.40. The molecule has 0 saturated heterocycles. The van der Waals surface area contributed by atoms with E-state index in [1.54, 1.807) is 12.1 Å². The van der Waals surface area contributed by atoms with Gasteiger partial charge in [-0.3, -0.25) is 0 Å². The number of nitrogen functional groups attached to an aromatic ring is 1. The molecule has 0 aliphatic rings. The van der Waals surface area contributed by atoms with Crippen LogP contribution < -0.4 is 5.73 Å². The van der Waals surface area contributed by atoms with Crippen LogP contribution in [0.5, 0.6) is 0 Å². The number of hydrogen-bond donors (Lipinski definition) is 1. The van der Waals surface area contributed by atoms with Gasteiger partial charge in [-0.1, -0.05) is 12.1 Å². The second kappa shape index (κ2) is 6.12. The van der Waals surface area contributed by atoms with Gasteiger partial charge in [0.15, 0.2) is 0 Å². The number of ether oxygens (including phenoxy) is 1. The van der Waals surface area contributed by atoms with Crippen molar-refractivity contribution in [2.45, 2.75) is 13.2 Å². The van der Waals surface area contributed by atoms with Crippen LogP contribution in [0, 0.1) is 11.6 Å². The van der Waals surface area contributed by atoms with E-state index >= 15 is 0 Å². The van der Waals surface area contributed by atoms with E-state index in [0.29, 0.717) is 5.69 Å². The lowest BCUT2D eigenvalue weighted by Crippen LogP contribution is -2.01. The Hall–Kier alpha value is -1.46. The predicted octanol–water partition coefficient (Wildman–Crippen LogP) is 4.03. The Balaban J connectivity index is 2.00. The van der Waals surface area contributed by atoms with Gasteiger partial charge >= 0.3 is 0 Å². The topological polar surface area (TPSA) is 35.2 Å². The molecule has 0 aliphatic carbocycles. The zero-order valence-corrected chi connectivity index (χ0v) is 11.6. The van der Waals surface area contributed by atoms with Gasteiger partial charge in [0, 0.05) is 5.69 Å². The normalized spacial score (nSPS) is 10.7. The van der Waals surface area contributed by atoms with Crippen LogP contribution in [0.15, 0.2) is 40.9 Å². The molecule has 0 amide bonds. The van der Waals surface area contributed by atoms with E-state index in [1.165, 1.54) is 12.1 Å². The summed E-state index contributed by atoms with van der Waals surface area (Å²) in [6.45, 7) is 0.146. The third kappa shape index (κ3) is 3.52. The molecule has 19 heavy (non-hydrogen) atoms. The van der Waals surface area contributed by atoms with E-state index in [0.717, 1.165) is 5.56 Å². The Morgan fingerprint density at radius 3 is 2.37 bits per heavy atom. The van der Waals surface area contributed by atoms with Crippen molar-refractivity contribution in [1.29, 1.82) is 0 Å². The van der Waals surface area contributed by atoms with Crippen LogP contribution in [0.4, 0.5) is 14.5 Å². The smallest absolute Gasteiger partial charge is 0.145 e. The van der Waals surface area contributed by atoms with Crippen molar-refractivity contribution >= 4 is 21.6 Å². The minimum Gasteiger partial charge on any atom is -0.399 e. The van der Waals surface area contributed by atoms with Gasteiger partial charge in [0.1, 0.15) is 11.6 Å². The molecule has 0 aromatic heterocycles. The molecular weight excluding hydrogens is 316 g/mol. The van der Waals surface area contributed by atoms with Gasteiger partial charge < -0.3 is 10.5 Å². The Bertz CT molecular complexity index is 572. The van der Waals surface area contributed by atoms with E-state index in [-0.39, 0.29) is 23.2 Å². The lowest BCUT2D eigenvalue weighted by atomic mass is 10.2. The molecular formula is C14H12BrF2NO. The Morgan fingerprint density at radius 1 is 1.00 bits per heavy atom. The highest BCUT2D eigenvalue weighted by molar-refractivity contribution is 9.10. The predicted molar refractivity (Wildman–Crippen MR) is 73.4 cm³/mol. The van der Waals surface area contributed by atoms with Crippen LogP contribution in [-0.4, -0.2) is 0 Å². The van der Waals surface area contributed by atoms with Crippen LogP contribution in [0.25, 0.3) is 0 Å². The molecule has 0 saturated carbocycles. The van der Waals surface area contributed by atoms with E-state index in [2.05, 4.69) is 15.9 Å². The number of nitrogens with two attached hydrogens (primary N) is 1. The fourth-order valence-electron chi connectivity index (χ4n) is 1.59. The first-order chi connectivity index (χ1) is 9.08. The molecule has 0 atom stereocenters. The Kier molecular flexibility index (Phi) is 4.50. The van der Waals surface area contributed by atoms with Gasteiger partial charge in [-0.05, 0) is 45.8 Å². The quantitative estimate of drug-likeness (QED) is 0.679. The van der Waals surface area contributed by atoms with Crippen LogP contribution in [0.1, 0.15) is 11.1 Å². The third-order valence-electron chi connectivity index (χ3n) is 2.63. The highest BCUT2D eigenvalue weighted by Crippen LogP contribution is 2.22. The van der Waals surface area contributed by atoms with E-state index in [1.807, 2.05) is 12.1 Å². The van der Waals surface area contributed by atoms with Crippen LogP contribution in [0.2, 0.25) is 0 Å². The number of anilines is 1. The molecule has 2 N–H and O–H groups in total. The molecule has 0 radical (unpaired) electrons. The van der Waals surface area contributed by atoms with Crippen molar-refractivity contribution in [2.75, 3.05) is 5.73 Å². The van der Waals surface area contributed by atoms with Crippen LogP contribution in [-0.2, 0) is 18.0 Å². The van der Waals surface area contributed by atoms with E-state index < -0.39 is 11.6 Å². The number of hydrogen-bond acceptors (Lipinski definition) is 2. The largest absolute Gasteiger partial charge is 0.399 e. The summed E-state index contributed by atoms with van der Waals surface area (Å²) in [6, 6.07) is 9.65. The molecule has 100 valence electrons. The molecule has 0 aliphatic heterocycles. The standard InChI is InChI=1S/C14H12BrF2NO/c15-12-5-6-13(16)11(14(12)17)8-19-7-9-1-3-10(18)4-2-9/h1-6H,7-8,18H2. The molecule has 0 unspecified atom stereocenters. The molecule has 2 rings (SSSR count). The summed E-state index contributed by atoms with van der Waals surface area (Å²) < 4.78 is 32.7. The van der Waals surface area contributed by atoms with E-state index in [4.69, 9.17) is 10.5 Å². The molecule has 2 aromatic carbocycles. The fraction of sp³-hybridized carbons (Fsp3) is 0.143. The number of halogens is 3. The SMILES string of the molecule is Nc1ccc(COCc2c(F)ccc(Br)c2F)cc1. The lowest BCUT2D eigenvalue weighted by Gasteiger charge is -2.08. The Labute approximate surface area is 118 Å². The summed E-state index contributed by atoms with van der Waals surface area (Å²) in [6.07, 6.45) is 0. The summed E-state index contributed by atoms with van der Waals surface area (Å²) in [7, 11) is 0. The lowest BCUT2D eigenvalue weighted by molar-refractivity contribution is 0.102. The van der Waals surface area contributed by atoms with Crippen molar-refractivity contribution in [1.82, 2.24) is 0 Å². The molecule has 0 spiro atoms. The maximum atomic E-state index is 13.7. The number of rotatable bonds is 4. The maximum Gasteiger partial charge on any atom is 0.145 e. The van der Waals surface area contributed by atoms with E-state index in [9.17, 15) is 8.78 Å². The average molecular weight is 328 g/mol. The monoisotopic (exact) mass is 327 g/mol. The maximum absolute atomic E-state index is 13.7. The minimum atomic E-state index is -0.627. The summed E-state index contributed by atoms with van der Waals surface area (Å²) in [5.74, 6) is -1.24. The van der Waals surface area contributed by atoms with Gasteiger partial charge in [-0.25, -0.2) is 8.78 Å². The highest BCUT2D eigenvalue weighted by atomic mass is 79.9. The molecule has 2 aromatic rings. The molecule has 0 bridgehead atoms. The van der Waals surface area contributed by atoms with Crippen molar-refractivity contribution < 1.29 is 13.5 Å². The van der Waals surface area contributed by atoms with Crippen molar-refractivity contribution in [3.8, 4) is 0 Å². The third-order valence-corrected chi connectivity index (χ3v) is 3.25. The first-order valence-corrected chi connectivity index (χ1v) is 6.42. The fourth-order valence-corrected chi connectivity index (χ4v) is 1.96. The Morgan fingerprint density at radius 2 is 1.68 bits per heavy atom. The van der Waals surface area contributed by atoms with Crippen molar-refractivity contribution in [3.63, 3.8) is 0 Å². The summed E-state index contributed by atoms with van der Waals surface area (Å²) in [4.78, 5) is 0. The van der Waals surface area contributed by atoms with Gasteiger partial charge in [-0.15, -0.1) is 0 Å². The van der Waals surface area contributed by atoms with Crippen molar-refractivity contribution in [2.24, 2.45) is 0 Å². The molecule has 2 nitrogen and oxygen atoms in total. The number of benzene rings is 2. The van der Waals surface area contributed by atoms with Crippen LogP contribution >= 0.6 is 15.9 Å². The molecule has 5 heteroatoms. The summed E-state index contributed by atoms with van der Waals surface area (Å²) >= 11 is 3.01. The minimum absolute atomic E-state index is 0.0789. The van der Waals surface area contributed by atoms with Crippen LogP contribution in [0.3, 0.4) is 0 Å². The first-order valence-electron chi connectivity index (χ1n) is 5.62. The van der Waals surface area contributed by atoms with Gasteiger partial charge in [0.2, 0.25) is 0 Å². The summed E-state index contributed by atoms with van der Waals surface area (Å²) in [5, 5.41) is 0. The first kappa shape index (κ1) is 14.0. The molecule has 0 fully saturated rings. The second-order valence-corrected chi connectivity index (χ2v) is 4.91. The summed E-state index contributed by atoms with van der Waals surface area (Å²) in [5.41, 5.74) is 7.03. The van der Waals surface area contributed by atoms with Gasteiger partial charge in [0.25, 0.3) is 0 Å². The molecule has 0 heterocycles. The zero-order chi connectivity index (χ0) is 13.8. The second-order valence-electron chi connectivity index (χ2n) is 4.06.